The van der Waals surface area contributed by atoms with Gasteiger partial charge in [0.2, 0.25) is 0 Å². The van der Waals surface area contributed by atoms with Gasteiger partial charge in [0.05, 0.1) is 0 Å². The first kappa shape index (κ1) is 14.6. The minimum Gasteiger partial charge on any atom is -0.411 e. The zero-order valence-electron chi connectivity index (χ0n) is 10.7. The molecule has 0 atom stereocenters. The van der Waals surface area contributed by atoms with Gasteiger partial charge in [0.15, 0.2) is 0 Å². The normalized spacial score (nSPS) is 17.4. The van der Waals surface area contributed by atoms with Gasteiger partial charge in [-0.1, -0.05) is 5.16 Å². The van der Waals surface area contributed by atoms with Crippen LogP contribution in [0.5, 0.6) is 5.75 Å². The Morgan fingerprint density at radius 1 is 1.20 bits per heavy atom. The van der Waals surface area contributed by atoms with E-state index in [9.17, 15) is 13.2 Å². The predicted molar refractivity (Wildman–Crippen MR) is 67.1 cm³/mol. The molecule has 4 nitrogen and oxygen atoms in total. The standard InChI is InChI=1S/C13H15F3N2O2/c14-13(15,16)20-11-5-3-10(4-6-11)12(17-19)9-18-7-1-2-8-18/h3-6,19H,1-2,7-9H2. The number of hydrogen-bond donors (Lipinski definition) is 1. The maximum atomic E-state index is 12.0. The van der Waals surface area contributed by atoms with Gasteiger partial charge in [-0.3, -0.25) is 4.90 Å². The Bertz CT molecular complexity index is 465. The van der Waals surface area contributed by atoms with Gasteiger partial charge in [0.25, 0.3) is 0 Å². The van der Waals surface area contributed by atoms with E-state index in [-0.39, 0.29) is 5.75 Å². The van der Waals surface area contributed by atoms with Crippen molar-refractivity contribution in [2.24, 2.45) is 5.16 Å². The Morgan fingerprint density at radius 2 is 1.80 bits per heavy atom. The molecule has 0 saturated carbocycles. The number of rotatable bonds is 4. The van der Waals surface area contributed by atoms with E-state index in [4.69, 9.17) is 5.21 Å². The van der Waals surface area contributed by atoms with Gasteiger partial charge in [-0.15, -0.1) is 13.2 Å². The van der Waals surface area contributed by atoms with Crippen molar-refractivity contribution in [2.45, 2.75) is 19.2 Å². The lowest BCUT2D eigenvalue weighted by atomic mass is 10.1. The van der Waals surface area contributed by atoms with Gasteiger partial charge in [0.1, 0.15) is 11.5 Å². The SMILES string of the molecule is ON=C(CN1CCCC1)c1ccc(OC(F)(F)F)cc1. The molecule has 0 unspecified atom stereocenters. The minimum absolute atomic E-state index is 0.292. The lowest BCUT2D eigenvalue weighted by molar-refractivity contribution is -0.274. The van der Waals surface area contributed by atoms with E-state index in [2.05, 4.69) is 14.8 Å². The van der Waals surface area contributed by atoms with Crippen LogP contribution in [-0.2, 0) is 0 Å². The van der Waals surface area contributed by atoms with Crippen molar-refractivity contribution in [2.75, 3.05) is 19.6 Å². The number of alkyl halides is 3. The second-order valence-electron chi connectivity index (χ2n) is 4.60. The molecule has 1 N–H and O–H groups in total. The van der Waals surface area contributed by atoms with Gasteiger partial charge in [-0.05, 0) is 50.2 Å². The molecule has 0 spiro atoms. The molecule has 0 bridgehead atoms. The smallest absolute Gasteiger partial charge is 0.411 e. The van der Waals surface area contributed by atoms with Crippen molar-refractivity contribution in [1.29, 1.82) is 0 Å². The average molecular weight is 288 g/mol. The number of nitrogens with zero attached hydrogens (tertiary/aromatic N) is 2. The van der Waals surface area contributed by atoms with Crippen LogP contribution >= 0.6 is 0 Å². The Labute approximate surface area is 114 Å². The largest absolute Gasteiger partial charge is 0.573 e. The number of hydrogen-bond acceptors (Lipinski definition) is 4. The molecule has 20 heavy (non-hydrogen) atoms. The van der Waals surface area contributed by atoms with Crippen molar-refractivity contribution in [1.82, 2.24) is 4.90 Å². The summed E-state index contributed by atoms with van der Waals surface area (Å²) in [6.45, 7) is 2.36. The fourth-order valence-corrected chi connectivity index (χ4v) is 2.18. The Kier molecular flexibility index (Phi) is 4.49. The third-order valence-corrected chi connectivity index (χ3v) is 3.11. The van der Waals surface area contributed by atoms with Gasteiger partial charge >= 0.3 is 6.36 Å². The Morgan fingerprint density at radius 3 is 2.30 bits per heavy atom. The zero-order valence-corrected chi connectivity index (χ0v) is 10.7. The molecule has 1 heterocycles. The van der Waals surface area contributed by atoms with Crippen LogP contribution in [0.15, 0.2) is 29.4 Å². The summed E-state index contributed by atoms with van der Waals surface area (Å²) in [7, 11) is 0. The Hall–Kier alpha value is -1.76. The fraction of sp³-hybridized carbons (Fsp3) is 0.462. The van der Waals surface area contributed by atoms with Gasteiger partial charge in [-0.25, -0.2) is 0 Å². The van der Waals surface area contributed by atoms with E-state index >= 15 is 0 Å². The van der Waals surface area contributed by atoms with E-state index in [0.29, 0.717) is 17.8 Å². The highest BCUT2D eigenvalue weighted by Gasteiger charge is 2.31. The van der Waals surface area contributed by atoms with Crippen molar-refractivity contribution in [3.63, 3.8) is 0 Å². The molecule has 0 aromatic heterocycles. The van der Waals surface area contributed by atoms with Crippen LogP contribution in [0.1, 0.15) is 18.4 Å². The highest BCUT2D eigenvalue weighted by molar-refractivity contribution is 6.01. The second-order valence-corrected chi connectivity index (χ2v) is 4.60. The molecule has 1 fully saturated rings. The number of ether oxygens (including phenoxy) is 1. The topological polar surface area (TPSA) is 45.1 Å². The van der Waals surface area contributed by atoms with E-state index < -0.39 is 6.36 Å². The van der Waals surface area contributed by atoms with E-state index in [1.54, 1.807) is 0 Å². The van der Waals surface area contributed by atoms with Crippen LogP contribution in [0.2, 0.25) is 0 Å². The summed E-state index contributed by atoms with van der Waals surface area (Å²) in [6, 6.07) is 5.31. The lowest BCUT2D eigenvalue weighted by Gasteiger charge is -2.15. The molecule has 2 rings (SSSR count). The summed E-state index contributed by atoms with van der Waals surface area (Å²) < 4.78 is 39.9. The van der Waals surface area contributed by atoms with Crippen LogP contribution in [0, 0.1) is 0 Å². The lowest BCUT2D eigenvalue weighted by Crippen LogP contribution is -2.27. The van der Waals surface area contributed by atoms with Crippen LogP contribution in [0.25, 0.3) is 0 Å². The van der Waals surface area contributed by atoms with Crippen LogP contribution in [0.3, 0.4) is 0 Å². The van der Waals surface area contributed by atoms with Gasteiger partial charge < -0.3 is 9.94 Å². The summed E-state index contributed by atoms with van der Waals surface area (Å²) >= 11 is 0. The predicted octanol–water partition coefficient (Wildman–Crippen LogP) is 2.86. The number of likely N-dealkylation sites (tertiary alicyclic amines) is 1. The van der Waals surface area contributed by atoms with Gasteiger partial charge in [0, 0.05) is 12.1 Å². The third-order valence-electron chi connectivity index (χ3n) is 3.11. The molecule has 1 aromatic rings. The van der Waals surface area contributed by atoms with Gasteiger partial charge in [-0.2, -0.15) is 0 Å². The summed E-state index contributed by atoms with van der Waals surface area (Å²) in [5, 5.41) is 12.3. The molecule has 1 aliphatic rings. The van der Waals surface area contributed by atoms with Crippen molar-refractivity contribution in [3.05, 3.63) is 29.8 Å². The van der Waals surface area contributed by atoms with Crippen LogP contribution in [0.4, 0.5) is 13.2 Å². The van der Waals surface area contributed by atoms with Crippen molar-refractivity contribution < 1.29 is 23.1 Å². The molecule has 1 aliphatic heterocycles. The molecule has 1 saturated heterocycles. The third kappa shape index (κ3) is 4.12. The highest BCUT2D eigenvalue weighted by atomic mass is 19.4. The molecule has 0 amide bonds. The first-order valence-corrected chi connectivity index (χ1v) is 6.27. The van der Waals surface area contributed by atoms with Crippen LogP contribution in [-0.4, -0.2) is 41.8 Å². The molecule has 110 valence electrons. The Balaban J connectivity index is 2.03. The van der Waals surface area contributed by atoms with E-state index in [0.717, 1.165) is 25.9 Å². The minimum atomic E-state index is -4.70. The fourth-order valence-electron chi connectivity index (χ4n) is 2.18. The summed E-state index contributed by atoms with van der Waals surface area (Å²) in [6.07, 6.45) is -2.49. The molecule has 1 aromatic carbocycles. The molecule has 0 radical (unpaired) electrons. The number of benzene rings is 1. The average Bonchev–Trinajstić information content (AvgIpc) is 2.88. The van der Waals surface area contributed by atoms with Crippen molar-refractivity contribution in [3.8, 4) is 5.75 Å². The maximum absolute atomic E-state index is 12.0. The first-order chi connectivity index (χ1) is 9.48. The quantitative estimate of drug-likeness (QED) is 0.526. The molecular formula is C13H15F3N2O2. The summed E-state index contributed by atoms with van der Waals surface area (Å²) in [5.41, 5.74) is 1.01. The van der Waals surface area contributed by atoms with Crippen molar-refractivity contribution >= 4 is 5.71 Å². The number of oxime groups is 1. The number of halogens is 3. The molecular weight excluding hydrogens is 273 g/mol. The summed E-state index contributed by atoms with van der Waals surface area (Å²) in [4.78, 5) is 2.13. The molecule has 7 heteroatoms. The highest BCUT2D eigenvalue weighted by Crippen LogP contribution is 2.23. The monoisotopic (exact) mass is 288 g/mol. The zero-order chi connectivity index (χ0) is 14.6. The van der Waals surface area contributed by atoms with E-state index in [1.807, 2.05) is 0 Å². The molecule has 0 aliphatic carbocycles. The maximum Gasteiger partial charge on any atom is 0.573 e. The first-order valence-electron chi connectivity index (χ1n) is 6.27. The van der Waals surface area contributed by atoms with E-state index in [1.165, 1.54) is 24.3 Å². The van der Waals surface area contributed by atoms with Crippen LogP contribution < -0.4 is 4.74 Å². The second kappa shape index (κ2) is 6.13. The summed E-state index contributed by atoms with van der Waals surface area (Å²) in [5.74, 6) is -0.292.